The van der Waals surface area contributed by atoms with Gasteiger partial charge in [0.15, 0.2) is 25.0 Å². The minimum atomic E-state index is -1.89. The molecule has 2 aliphatic rings. The van der Waals surface area contributed by atoms with Crippen molar-refractivity contribution in [3.63, 3.8) is 0 Å². The molecule has 2 rings (SSSR count). The third-order valence-corrected chi connectivity index (χ3v) is 6.20. The van der Waals surface area contributed by atoms with Crippen molar-refractivity contribution in [2.45, 2.75) is 120 Å². The van der Waals surface area contributed by atoms with Gasteiger partial charge in [-0.2, -0.15) is 0 Å². The van der Waals surface area contributed by atoms with E-state index >= 15 is 0 Å². The summed E-state index contributed by atoms with van der Waals surface area (Å²) in [6.45, 7) is 6.91. The van der Waals surface area contributed by atoms with E-state index in [1.165, 1.54) is 13.8 Å². The smallest absolute Gasteiger partial charge is 0.335 e. The Hall–Kier alpha value is -1.23. The monoisotopic (exact) mass is 510 g/mol. The minimum absolute atomic E-state index is 0.257. The van der Waals surface area contributed by atoms with Crippen LogP contribution in [0.2, 0.25) is 0 Å². The Morgan fingerprint density at radius 1 is 0.914 bits per heavy atom. The van der Waals surface area contributed by atoms with Crippen molar-refractivity contribution in [2.24, 2.45) is 0 Å². The molecule has 0 bridgehead atoms. The van der Waals surface area contributed by atoms with Crippen LogP contribution in [-0.4, -0.2) is 120 Å². The molecule has 0 spiro atoms. The fraction of sp³-hybridized carbons (Fsp3) is 0.864. The minimum Gasteiger partial charge on any atom is -0.479 e. The third-order valence-electron chi connectivity index (χ3n) is 6.20. The van der Waals surface area contributed by atoms with Gasteiger partial charge in [0, 0.05) is 0 Å². The van der Waals surface area contributed by atoms with Gasteiger partial charge >= 0.3 is 5.97 Å². The van der Waals surface area contributed by atoms with Gasteiger partial charge < -0.3 is 59.8 Å². The number of ether oxygens (including phenoxy) is 4. The molecule has 0 aromatic heterocycles. The van der Waals surface area contributed by atoms with Crippen LogP contribution < -0.4 is 0 Å². The summed E-state index contributed by atoms with van der Waals surface area (Å²) in [6.07, 6.45) is -15.1. The quantitative estimate of drug-likeness (QED) is 0.149. The van der Waals surface area contributed by atoms with Crippen LogP contribution in [0.3, 0.4) is 0 Å². The van der Waals surface area contributed by atoms with Gasteiger partial charge in [0.25, 0.3) is 0 Å². The van der Waals surface area contributed by atoms with Gasteiger partial charge in [-0.05, 0) is 40.0 Å². The van der Waals surface area contributed by atoms with Crippen LogP contribution in [0, 0.1) is 0 Å². The summed E-state index contributed by atoms with van der Waals surface area (Å²) in [4.78, 5) is 11.4. The van der Waals surface area contributed by atoms with E-state index in [1.807, 2.05) is 19.9 Å². The first kappa shape index (κ1) is 30.0. The molecular formula is C22H38O13. The second-order valence-electron chi connectivity index (χ2n) is 9.45. The van der Waals surface area contributed by atoms with Gasteiger partial charge in [-0.15, -0.1) is 0 Å². The predicted molar refractivity (Wildman–Crippen MR) is 117 cm³/mol. The lowest BCUT2D eigenvalue weighted by atomic mass is 9.93. The zero-order valence-corrected chi connectivity index (χ0v) is 20.2. The molecule has 0 aliphatic carbocycles. The number of aliphatic hydroxyl groups is 7. The molecule has 11 unspecified atom stereocenters. The molecule has 204 valence electrons. The topological polar surface area (TPSA) is 216 Å². The molecule has 35 heavy (non-hydrogen) atoms. The van der Waals surface area contributed by atoms with E-state index in [2.05, 4.69) is 0 Å². The number of aliphatic hydroxyl groups excluding tert-OH is 7. The summed E-state index contributed by atoms with van der Waals surface area (Å²) in [5.74, 6) is -1.57. The maximum Gasteiger partial charge on any atom is 0.335 e. The van der Waals surface area contributed by atoms with Crippen molar-refractivity contribution in [2.75, 3.05) is 0 Å². The number of aliphatic carboxylic acids is 1. The Bertz CT molecular complexity index is 728. The van der Waals surface area contributed by atoms with Crippen LogP contribution >= 0.6 is 0 Å². The molecule has 2 aliphatic heterocycles. The molecule has 13 nitrogen and oxygen atoms in total. The maximum absolute atomic E-state index is 11.4. The number of carbonyl (C=O) groups is 1. The Kier molecular flexibility index (Phi) is 10.6. The first-order chi connectivity index (χ1) is 16.2. The fourth-order valence-corrected chi connectivity index (χ4v) is 4.02. The van der Waals surface area contributed by atoms with Crippen LogP contribution in [0.25, 0.3) is 0 Å². The van der Waals surface area contributed by atoms with Crippen molar-refractivity contribution in [1.29, 1.82) is 0 Å². The van der Waals surface area contributed by atoms with Crippen molar-refractivity contribution in [1.82, 2.24) is 0 Å². The zero-order chi connectivity index (χ0) is 26.7. The average Bonchev–Trinajstić information content (AvgIpc) is 2.78. The summed E-state index contributed by atoms with van der Waals surface area (Å²) < 4.78 is 22.0. The van der Waals surface area contributed by atoms with Crippen LogP contribution in [0.15, 0.2) is 11.6 Å². The Morgan fingerprint density at radius 2 is 1.49 bits per heavy atom. The summed E-state index contributed by atoms with van der Waals surface area (Å²) in [5, 5.41) is 79.5. The molecule has 0 amide bonds. The lowest BCUT2D eigenvalue weighted by molar-refractivity contribution is -0.369. The Balaban J connectivity index is 2.26. The molecule has 0 saturated carbocycles. The first-order valence-electron chi connectivity index (χ1n) is 11.5. The highest BCUT2D eigenvalue weighted by Gasteiger charge is 2.51. The fourth-order valence-electron chi connectivity index (χ4n) is 4.02. The van der Waals surface area contributed by atoms with Crippen LogP contribution in [-0.2, 0) is 23.7 Å². The van der Waals surface area contributed by atoms with Gasteiger partial charge in [-0.3, -0.25) is 0 Å². The van der Waals surface area contributed by atoms with Crippen molar-refractivity contribution >= 4 is 5.97 Å². The summed E-state index contributed by atoms with van der Waals surface area (Å²) in [5.41, 5.74) is -0.380. The molecule has 2 heterocycles. The SMILES string of the molecule is CC/C=C(\C)CCC(OC1OC(O)C(O)C(O)C1O)C(C)(C)OC1OC(C(=O)O)C(O)C(O)C1O. The molecule has 2 saturated heterocycles. The number of hydrogen-bond acceptors (Lipinski definition) is 12. The first-order valence-corrected chi connectivity index (χ1v) is 11.5. The molecule has 0 aromatic carbocycles. The van der Waals surface area contributed by atoms with Gasteiger partial charge in [0.1, 0.15) is 36.6 Å². The van der Waals surface area contributed by atoms with E-state index in [4.69, 9.17) is 18.9 Å². The molecule has 8 N–H and O–H groups in total. The van der Waals surface area contributed by atoms with Crippen molar-refractivity contribution < 1.29 is 64.6 Å². The standard InChI is InChI=1S/C22H38O13/c1-5-6-9(2)7-8-10(32-20-15(27)12(24)14(26)19(31)34-20)22(3,4)35-21-16(28)11(23)13(25)17(33-21)18(29)30/h6,10-17,19-21,23-28,31H,5,7-8H2,1-4H3,(H,29,30)/b9-6+. The molecule has 0 radical (unpaired) electrons. The van der Waals surface area contributed by atoms with E-state index in [0.29, 0.717) is 6.42 Å². The molecule has 0 aromatic rings. The second-order valence-corrected chi connectivity index (χ2v) is 9.45. The lowest BCUT2D eigenvalue weighted by Gasteiger charge is -2.45. The maximum atomic E-state index is 11.4. The lowest BCUT2D eigenvalue weighted by Crippen LogP contribution is -2.63. The Labute approximate surface area is 203 Å². The van der Waals surface area contributed by atoms with Crippen molar-refractivity contribution in [3.05, 3.63) is 11.6 Å². The summed E-state index contributed by atoms with van der Waals surface area (Å²) >= 11 is 0. The average molecular weight is 511 g/mol. The molecule has 2 fully saturated rings. The Morgan fingerprint density at radius 3 is 2.06 bits per heavy atom. The largest absolute Gasteiger partial charge is 0.479 e. The van der Waals surface area contributed by atoms with Gasteiger partial charge in [0.2, 0.25) is 0 Å². The summed E-state index contributed by atoms with van der Waals surface area (Å²) in [7, 11) is 0. The number of carboxylic acid groups (broad SMARTS) is 1. The molecular weight excluding hydrogens is 472 g/mol. The number of allylic oxidation sites excluding steroid dienone is 2. The van der Waals surface area contributed by atoms with E-state index in [1.54, 1.807) is 0 Å². The van der Waals surface area contributed by atoms with Gasteiger partial charge in [-0.25, -0.2) is 4.79 Å². The van der Waals surface area contributed by atoms with E-state index < -0.39 is 79.3 Å². The highest BCUT2D eigenvalue weighted by molar-refractivity contribution is 5.73. The second kappa shape index (κ2) is 12.3. The van der Waals surface area contributed by atoms with E-state index in [9.17, 15) is 45.6 Å². The normalized spacial score (nSPS) is 39.9. The molecule has 13 heteroatoms. The summed E-state index contributed by atoms with van der Waals surface area (Å²) in [6, 6.07) is 0. The number of hydrogen-bond donors (Lipinski definition) is 8. The number of rotatable bonds is 10. The van der Waals surface area contributed by atoms with Crippen LogP contribution in [0.5, 0.6) is 0 Å². The van der Waals surface area contributed by atoms with E-state index in [-0.39, 0.29) is 6.42 Å². The van der Waals surface area contributed by atoms with Crippen LogP contribution in [0.1, 0.15) is 47.0 Å². The molecule has 11 atom stereocenters. The number of carboxylic acids is 1. The third kappa shape index (κ3) is 7.17. The van der Waals surface area contributed by atoms with Crippen LogP contribution in [0.4, 0.5) is 0 Å². The highest BCUT2D eigenvalue weighted by Crippen LogP contribution is 2.33. The van der Waals surface area contributed by atoms with Gasteiger partial charge in [-0.1, -0.05) is 18.6 Å². The van der Waals surface area contributed by atoms with Crippen molar-refractivity contribution in [3.8, 4) is 0 Å². The van der Waals surface area contributed by atoms with E-state index in [0.717, 1.165) is 12.0 Å². The highest BCUT2D eigenvalue weighted by atomic mass is 16.8. The zero-order valence-electron chi connectivity index (χ0n) is 20.2. The van der Waals surface area contributed by atoms with Gasteiger partial charge in [0.05, 0.1) is 11.7 Å². The predicted octanol–water partition coefficient (Wildman–Crippen LogP) is -2.05.